The molecule has 0 bridgehead atoms. The predicted molar refractivity (Wildman–Crippen MR) is 143 cm³/mol. The van der Waals surface area contributed by atoms with Gasteiger partial charge in [-0.3, -0.25) is 9.59 Å². The summed E-state index contributed by atoms with van der Waals surface area (Å²) in [6.45, 7) is 3.89. The van der Waals surface area contributed by atoms with Crippen LogP contribution in [0.3, 0.4) is 0 Å². The first-order valence-electron chi connectivity index (χ1n) is 11.7. The number of carbonyl (C=O) groups is 3. The number of hydrogen-bond donors (Lipinski definition) is 1. The van der Waals surface area contributed by atoms with E-state index in [1.807, 2.05) is 91.0 Å². The van der Waals surface area contributed by atoms with Gasteiger partial charge >= 0.3 is 5.97 Å². The van der Waals surface area contributed by atoms with Crippen molar-refractivity contribution >= 4 is 41.0 Å². The number of amides is 2. The summed E-state index contributed by atoms with van der Waals surface area (Å²) < 4.78 is 5.96. The third kappa shape index (κ3) is 6.04. The van der Waals surface area contributed by atoms with E-state index in [0.29, 0.717) is 0 Å². The summed E-state index contributed by atoms with van der Waals surface area (Å²) in [6, 6.07) is 25.5. The van der Waals surface area contributed by atoms with Crippen LogP contribution in [0, 0.1) is 0 Å². The zero-order valence-corrected chi connectivity index (χ0v) is 21.4. The van der Waals surface area contributed by atoms with Crippen molar-refractivity contribution in [2.75, 3.05) is 5.88 Å². The highest BCUT2D eigenvalue weighted by molar-refractivity contribution is 6.27. The number of alkyl halides is 2. The zero-order chi connectivity index (χ0) is 26.4. The lowest BCUT2D eigenvalue weighted by atomic mass is 9.98. The Morgan fingerprint density at radius 3 is 1.92 bits per heavy atom. The van der Waals surface area contributed by atoms with Gasteiger partial charge in [0.05, 0.1) is 6.42 Å². The Morgan fingerprint density at radius 1 is 0.919 bits per heavy atom. The molecule has 4 rings (SSSR count). The predicted octanol–water partition coefficient (Wildman–Crippen LogP) is 4.62. The largest absolute Gasteiger partial charge is 0.451 e. The third-order valence-electron chi connectivity index (χ3n) is 6.08. The Labute approximate surface area is 225 Å². The smallest absolute Gasteiger partial charge is 0.334 e. The van der Waals surface area contributed by atoms with Crippen LogP contribution in [0.5, 0.6) is 0 Å². The molecule has 8 heteroatoms. The summed E-state index contributed by atoms with van der Waals surface area (Å²) in [5.41, 5.74) is 1.62. The van der Waals surface area contributed by atoms with E-state index in [0.717, 1.165) is 21.6 Å². The summed E-state index contributed by atoms with van der Waals surface area (Å²) in [6.07, 6.45) is -0.615. The van der Waals surface area contributed by atoms with Gasteiger partial charge in [-0.1, -0.05) is 109 Å². The molecule has 37 heavy (non-hydrogen) atoms. The van der Waals surface area contributed by atoms with Crippen molar-refractivity contribution in [2.45, 2.75) is 30.1 Å². The number of nitrogens with zero attached hydrogens (tertiary/aromatic N) is 1. The molecule has 190 valence electrons. The van der Waals surface area contributed by atoms with Gasteiger partial charge in [0.2, 0.25) is 5.91 Å². The summed E-state index contributed by atoms with van der Waals surface area (Å²) in [5, 5.41) is 2.66. The Morgan fingerprint density at radius 2 is 1.43 bits per heavy atom. The molecule has 3 aromatic rings. The van der Waals surface area contributed by atoms with Crippen LogP contribution in [0.25, 0.3) is 0 Å². The molecule has 1 aliphatic heterocycles. The molecular weight excluding hydrogens is 511 g/mol. The van der Waals surface area contributed by atoms with Gasteiger partial charge in [-0.15, -0.1) is 11.6 Å². The fourth-order valence-corrected chi connectivity index (χ4v) is 4.72. The lowest BCUT2D eigenvalue weighted by Crippen LogP contribution is -2.72. The maximum absolute atomic E-state index is 13.5. The minimum absolute atomic E-state index is 0.0838. The van der Waals surface area contributed by atoms with E-state index >= 15 is 0 Å². The second-order valence-electron chi connectivity index (χ2n) is 8.66. The summed E-state index contributed by atoms with van der Waals surface area (Å²) in [4.78, 5) is 40.3. The molecule has 0 aromatic heterocycles. The molecular formula is C29H26Cl2N2O4. The second-order valence-corrected chi connectivity index (χ2v) is 9.37. The molecule has 0 spiro atoms. The average Bonchev–Trinajstić information content (AvgIpc) is 2.94. The van der Waals surface area contributed by atoms with E-state index < -0.39 is 35.6 Å². The van der Waals surface area contributed by atoms with Crippen molar-refractivity contribution in [3.05, 3.63) is 120 Å². The van der Waals surface area contributed by atoms with Gasteiger partial charge in [0.25, 0.3) is 5.91 Å². The van der Waals surface area contributed by atoms with Gasteiger partial charge in [-0.25, -0.2) is 4.79 Å². The molecule has 3 unspecified atom stereocenters. The van der Waals surface area contributed by atoms with Crippen LogP contribution in [-0.4, -0.2) is 46.1 Å². The fraction of sp³-hybridized carbons (Fsp3) is 0.207. The SMILES string of the molecule is C=C(CCl)C(C(=O)OC(c1ccccc1)c1ccccc1)N1C(=O)C(NC(=O)Cc2ccccc2)C1Cl. The highest BCUT2D eigenvalue weighted by Crippen LogP contribution is 2.33. The van der Waals surface area contributed by atoms with Crippen LogP contribution in [0.15, 0.2) is 103 Å². The zero-order valence-electron chi connectivity index (χ0n) is 19.9. The first kappa shape index (κ1) is 26.5. The molecule has 1 aliphatic rings. The standard InChI is InChI=1S/C29H26Cl2N2O4/c1-19(18-30)25(29(36)37-26(21-13-7-3-8-14-21)22-15-9-4-10-16-22)33-27(31)24(28(33)35)32-23(34)17-20-11-5-2-6-12-20/h2-16,24-27H,1,17-18H2,(H,32,34). The Hall–Kier alpha value is -3.61. The first-order chi connectivity index (χ1) is 17.9. The molecule has 1 saturated heterocycles. The second kappa shape index (κ2) is 12.1. The Kier molecular flexibility index (Phi) is 8.64. The van der Waals surface area contributed by atoms with E-state index in [1.165, 1.54) is 0 Å². The number of halogens is 2. The number of ether oxygens (including phenoxy) is 1. The molecule has 0 radical (unpaired) electrons. The van der Waals surface area contributed by atoms with Crippen LogP contribution in [-0.2, 0) is 25.5 Å². The number of benzene rings is 3. The van der Waals surface area contributed by atoms with Gasteiger partial charge in [0, 0.05) is 5.88 Å². The molecule has 1 fully saturated rings. The lowest BCUT2D eigenvalue weighted by Gasteiger charge is -2.47. The number of esters is 1. The summed E-state index contributed by atoms with van der Waals surface area (Å²) >= 11 is 12.6. The Balaban J connectivity index is 1.50. The summed E-state index contributed by atoms with van der Waals surface area (Å²) in [5.74, 6) is -1.65. The number of carbonyl (C=O) groups excluding carboxylic acids is 3. The van der Waals surface area contributed by atoms with Crippen molar-refractivity contribution in [1.29, 1.82) is 0 Å². The summed E-state index contributed by atoms with van der Waals surface area (Å²) in [7, 11) is 0. The van der Waals surface area contributed by atoms with Crippen LogP contribution < -0.4 is 5.32 Å². The molecule has 0 saturated carbocycles. The molecule has 2 amide bonds. The minimum atomic E-state index is -1.20. The lowest BCUT2D eigenvalue weighted by molar-refractivity contribution is -0.165. The highest BCUT2D eigenvalue weighted by atomic mass is 35.5. The normalized spacial score (nSPS) is 17.6. The third-order valence-corrected chi connectivity index (χ3v) is 6.89. The van der Waals surface area contributed by atoms with E-state index in [9.17, 15) is 14.4 Å². The molecule has 3 atom stereocenters. The van der Waals surface area contributed by atoms with Crippen molar-refractivity contribution < 1.29 is 19.1 Å². The first-order valence-corrected chi connectivity index (χ1v) is 12.7. The van der Waals surface area contributed by atoms with Crippen molar-refractivity contribution in [3.8, 4) is 0 Å². The van der Waals surface area contributed by atoms with Crippen LogP contribution in [0.4, 0.5) is 0 Å². The average molecular weight is 537 g/mol. The van der Waals surface area contributed by atoms with Crippen LogP contribution in [0.1, 0.15) is 22.8 Å². The van der Waals surface area contributed by atoms with Crippen molar-refractivity contribution in [1.82, 2.24) is 10.2 Å². The number of hydrogen-bond acceptors (Lipinski definition) is 4. The van der Waals surface area contributed by atoms with Crippen LogP contribution >= 0.6 is 23.2 Å². The van der Waals surface area contributed by atoms with E-state index in [2.05, 4.69) is 11.9 Å². The maximum Gasteiger partial charge on any atom is 0.334 e. The molecule has 1 heterocycles. The fourth-order valence-electron chi connectivity index (χ4n) is 4.20. The maximum atomic E-state index is 13.5. The number of β-lactam (4-membered cyclic amide) rings is 1. The topological polar surface area (TPSA) is 75.7 Å². The Bertz CT molecular complexity index is 1220. The van der Waals surface area contributed by atoms with Crippen molar-refractivity contribution in [2.24, 2.45) is 0 Å². The van der Waals surface area contributed by atoms with E-state index in [1.54, 1.807) is 0 Å². The van der Waals surface area contributed by atoms with Crippen molar-refractivity contribution in [3.63, 3.8) is 0 Å². The van der Waals surface area contributed by atoms with E-state index in [-0.39, 0.29) is 23.8 Å². The monoisotopic (exact) mass is 536 g/mol. The van der Waals surface area contributed by atoms with Crippen LogP contribution in [0.2, 0.25) is 0 Å². The van der Waals surface area contributed by atoms with Gasteiger partial charge < -0.3 is 15.0 Å². The van der Waals surface area contributed by atoms with E-state index in [4.69, 9.17) is 27.9 Å². The number of nitrogens with one attached hydrogen (secondary N) is 1. The van der Waals surface area contributed by atoms with Gasteiger partial charge in [0.15, 0.2) is 12.1 Å². The molecule has 1 N–H and O–H groups in total. The number of rotatable bonds is 10. The highest BCUT2D eigenvalue weighted by Gasteiger charge is 2.53. The quantitative estimate of drug-likeness (QED) is 0.135. The van der Waals surface area contributed by atoms with Gasteiger partial charge in [-0.05, 0) is 22.3 Å². The molecule has 3 aromatic carbocycles. The minimum Gasteiger partial charge on any atom is -0.451 e. The van der Waals surface area contributed by atoms with Gasteiger partial charge in [0.1, 0.15) is 11.5 Å². The molecule has 0 aliphatic carbocycles. The molecule has 6 nitrogen and oxygen atoms in total. The van der Waals surface area contributed by atoms with Gasteiger partial charge in [-0.2, -0.15) is 0 Å². The number of likely N-dealkylation sites (tertiary alicyclic amines) is 1.